The van der Waals surface area contributed by atoms with Gasteiger partial charge < -0.3 is 5.32 Å². The summed E-state index contributed by atoms with van der Waals surface area (Å²) in [5.41, 5.74) is 0.693. The standard InChI is InChI=1S/C9H6Br3NO/c1-2-8(14)13-9-6(11)3-5(10)4-7(9)12/h2-4H,1H2,(H,13,14). The topological polar surface area (TPSA) is 29.1 Å². The molecule has 0 fully saturated rings. The Morgan fingerprint density at radius 1 is 1.29 bits per heavy atom. The van der Waals surface area contributed by atoms with Crippen LogP contribution in [0, 0.1) is 0 Å². The fourth-order valence-corrected chi connectivity index (χ4v) is 3.29. The van der Waals surface area contributed by atoms with E-state index in [0.29, 0.717) is 5.69 Å². The first-order valence-corrected chi connectivity index (χ1v) is 6.00. The van der Waals surface area contributed by atoms with E-state index >= 15 is 0 Å². The molecule has 0 aliphatic carbocycles. The highest BCUT2D eigenvalue weighted by molar-refractivity contribution is 9.11. The molecule has 74 valence electrons. The lowest BCUT2D eigenvalue weighted by Gasteiger charge is -2.08. The quantitative estimate of drug-likeness (QED) is 0.765. The fourth-order valence-electron chi connectivity index (χ4n) is 0.836. The Labute approximate surface area is 107 Å². The van der Waals surface area contributed by atoms with Crippen LogP contribution >= 0.6 is 47.8 Å². The summed E-state index contributed by atoms with van der Waals surface area (Å²) in [6.45, 7) is 3.38. The fraction of sp³-hybridized carbons (Fsp3) is 0. The van der Waals surface area contributed by atoms with Gasteiger partial charge in [0.05, 0.1) is 5.69 Å². The number of carbonyl (C=O) groups excluding carboxylic acids is 1. The van der Waals surface area contributed by atoms with Crippen LogP contribution in [0.15, 0.2) is 38.2 Å². The summed E-state index contributed by atoms with van der Waals surface area (Å²) in [7, 11) is 0. The lowest BCUT2D eigenvalue weighted by molar-refractivity contribution is -0.111. The Kier molecular flexibility index (Phi) is 4.34. The number of hydrogen-bond donors (Lipinski definition) is 1. The Morgan fingerprint density at radius 3 is 2.21 bits per heavy atom. The van der Waals surface area contributed by atoms with E-state index in [4.69, 9.17) is 0 Å². The second-order valence-corrected chi connectivity index (χ2v) is 5.06. The van der Waals surface area contributed by atoms with Crippen molar-refractivity contribution in [1.82, 2.24) is 0 Å². The van der Waals surface area contributed by atoms with Gasteiger partial charge >= 0.3 is 0 Å². The molecule has 2 nitrogen and oxygen atoms in total. The van der Waals surface area contributed by atoms with E-state index in [0.717, 1.165) is 13.4 Å². The molecule has 5 heteroatoms. The van der Waals surface area contributed by atoms with Crippen LogP contribution in [0.2, 0.25) is 0 Å². The van der Waals surface area contributed by atoms with Gasteiger partial charge in [-0.15, -0.1) is 0 Å². The maximum Gasteiger partial charge on any atom is 0.247 e. The molecule has 0 heterocycles. The van der Waals surface area contributed by atoms with Gasteiger partial charge in [0.15, 0.2) is 0 Å². The maximum absolute atomic E-state index is 11.1. The van der Waals surface area contributed by atoms with Gasteiger partial charge in [0.1, 0.15) is 0 Å². The molecular weight excluding hydrogens is 378 g/mol. The zero-order valence-corrected chi connectivity index (χ0v) is 11.7. The molecular formula is C9H6Br3NO. The number of carbonyl (C=O) groups is 1. The van der Waals surface area contributed by atoms with E-state index < -0.39 is 0 Å². The Balaban J connectivity index is 3.08. The number of hydrogen-bond acceptors (Lipinski definition) is 1. The van der Waals surface area contributed by atoms with Crippen molar-refractivity contribution in [3.05, 3.63) is 38.2 Å². The van der Waals surface area contributed by atoms with Crippen molar-refractivity contribution in [2.24, 2.45) is 0 Å². The third-order valence-electron chi connectivity index (χ3n) is 1.44. The second kappa shape index (κ2) is 5.09. The molecule has 0 atom stereocenters. The number of rotatable bonds is 2. The summed E-state index contributed by atoms with van der Waals surface area (Å²) in [5.74, 6) is -0.242. The smallest absolute Gasteiger partial charge is 0.247 e. The minimum absolute atomic E-state index is 0.242. The van der Waals surface area contributed by atoms with E-state index in [1.54, 1.807) is 0 Å². The molecule has 0 aliphatic rings. The molecule has 1 aromatic rings. The summed E-state index contributed by atoms with van der Waals surface area (Å²) < 4.78 is 2.52. The van der Waals surface area contributed by atoms with Crippen molar-refractivity contribution >= 4 is 59.4 Å². The van der Waals surface area contributed by atoms with Gasteiger partial charge in [-0.05, 0) is 50.1 Å². The Bertz CT molecular complexity index is 367. The predicted molar refractivity (Wildman–Crippen MR) is 68.4 cm³/mol. The zero-order chi connectivity index (χ0) is 10.7. The zero-order valence-electron chi connectivity index (χ0n) is 6.98. The van der Waals surface area contributed by atoms with E-state index in [-0.39, 0.29) is 5.91 Å². The number of anilines is 1. The SMILES string of the molecule is C=CC(=O)Nc1c(Br)cc(Br)cc1Br. The summed E-state index contributed by atoms with van der Waals surface area (Å²) in [5, 5.41) is 2.68. The summed E-state index contributed by atoms with van der Waals surface area (Å²) in [6.07, 6.45) is 1.22. The first-order valence-electron chi connectivity index (χ1n) is 3.62. The molecule has 1 amide bonds. The van der Waals surface area contributed by atoms with E-state index in [2.05, 4.69) is 59.7 Å². The van der Waals surface area contributed by atoms with Gasteiger partial charge in [0.2, 0.25) is 5.91 Å². The highest BCUT2D eigenvalue weighted by atomic mass is 79.9. The summed E-state index contributed by atoms with van der Waals surface area (Å²) >= 11 is 10.0. The molecule has 0 saturated heterocycles. The van der Waals surface area contributed by atoms with Crippen LogP contribution < -0.4 is 5.32 Å². The number of amides is 1. The molecule has 0 unspecified atom stereocenters. The molecule has 14 heavy (non-hydrogen) atoms. The molecule has 0 spiro atoms. The first-order chi connectivity index (χ1) is 6.54. The van der Waals surface area contributed by atoms with Crippen LogP contribution in [0.4, 0.5) is 5.69 Å². The largest absolute Gasteiger partial charge is 0.321 e. The van der Waals surface area contributed by atoms with Crippen molar-refractivity contribution < 1.29 is 4.79 Å². The van der Waals surface area contributed by atoms with Gasteiger partial charge in [-0.25, -0.2) is 0 Å². The molecule has 0 aliphatic heterocycles. The second-order valence-electron chi connectivity index (χ2n) is 2.44. The molecule has 1 aromatic carbocycles. The minimum Gasteiger partial charge on any atom is -0.321 e. The van der Waals surface area contributed by atoms with Gasteiger partial charge in [0, 0.05) is 13.4 Å². The van der Waals surface area contributed by atoms with Crippen molar-refractivity contribution in [2.45, 2.75) is 0 Å². The average molecular weight is 384 g/mol. The predicted octanol–water partition coefficient (Wildman–Crippen LogP) is 4.10. The van der Waals surface area contributed by atoms with Gasteiger partial charge in [0.25, 0.3) is 0 Å². The third-order valence-corrected chi connectivity index (χ3v) is 3.15. The van der Waals surface area contributed by atoms with Crippen molar-refractivity contribution in [2.75, 3.05) is 5.32 Å². The maximum atomic E-state index is 11.1. The lowest BCUT2D eigenvalue weighted by Crippen LogP contribution is -2.08. The van der Waals surface area contributed by atoms with E-state index in [9.17, 15) is 4.79 Å². The average Bonchev–Trinajstić information content (AvgIpc) is 2.10. The van der Waals surface area contributed by atoms with Crippen LogP contribution in [0.1, 0.15) is 0 Å². The van der Waals surface area contributed by atoms with Crippen LogP contribution in [-0.4, -0.2) is 5.91 Å². The summed E-state index contributed by atoms with van der Waals surface area (Å²) in [4.78, 5) is 11.1. The summed E-state index contributed by atoms with van der Waals surface area (Å²) in [6, 6.07) is 3.70. The highest BCUT2D eigenvalue weighted by Gasteiger charge is 2.08. The molecule has 0 saturated carbocycles. The monoisotopic (exact) mass is 381 g/mol. The third kappa shape index (κ3) is 2.93. The van der Waals surface area contributed by atoms with Crippen molar-refractivity contribution in [1.29, 1.82) is 0 Å². The van der Waals surface area contributed by atoms with Crippen molar-refractivity contribution in [3.8, 4) is 0 Å². The number of benzene rings is 1. The molecule has 1 N–H and O–H groups in total. The first kappa shape index (κ1) is 11.9. The number of nitrogens with one attached hydrogen (secondary N) is 1. The van der Waals surface area contributed by atoms with Gasteiger partial charge in [-0.3, -0.25) is 4.79 Å². The van der Waals surface area contributed by atoms with Crippen LogP contribution in [0.25, 0.3) is 0 Å². The van der Waals surface area contributed by atoms with Crippen LogP contribution in [0.3, 0.4) is 0 Å². The molecule has 1 rings (SSSR count). The molecule has 0 bridgehead atoms. The number of halogens is 3. The molecule has 0 radical (unpaired) electrons. The highest BCUT2D eigenvalue weighted by Crippen LogP contribution is 2.34. The Hall–Kier alpha value is -0.130. The molecule has 0 aromatic heterocycles. The van der Waals surface area contributed by atoms with E-state index in [1.807, 2.05) is 12.1 Å². The van der Waals surface area contributed by atoms with Crippen molar-refractivity contribution in [3.63, 3.8) is 0 Å². The normalized spacial score (nSPS) is 9.64. The lowest BCUT2D eigenvalue weighted by atomic mass is 10.3. The van der Waals surface area contributed by atoms with Gasteiger partial charge in [-0.2, -0.15) is 0 Å². The van der Waals surface area contributed by atoms with E-state index in [1.165, 1.54) is 6.08 Å². The van der Waals surface area contributed by atoms with Crippen LogP contribution in [0.5, 0.6) is 0 Å². The minimum atomic E-state index is -0.242. The Morgan fingerprint density at radius 2 is 1.79 bits per heavy atom. The van der Waals surface area contributed by atoms with Gasteiger partial charge in [-0.1, -0.05) is 22.5 Å². The van der Waals surface area contributed by atoms with Crippen LogP contribution in [-0.2, 0) is 4.79 Å².